The lowest BCUT2D eigenvalue weighted by molar-refractivity contribution is -0.128. The van der Waals surface area contributed by atoms with Gasteiger partial charge in [-0.1, -0.05) is 161 Å². The maximum Gasteiger partial charge on any atom is 0.242 e. The molecular formula is C38H73N3O2. The number of hydrogen-bond acceptors (Lipinski definition) is 3. The van der Waals surface area contributed by atoms with Crippen molar-refractivity contribution in [2.45, 2.75) is 206 Å². The minimum absolute atomic E-state index is 0.0730. The lowest BCUT2D eigenvalue weighted by Gasteiger charge is -2.17. The largest absolute Gasteiger partial charge is 0.354 e. The molecule has 0 aliphatic carbocycles. The van der Waals surface area contributed by atoms with Crippen LogP contribution in [0.3, 0.4) is 0 Å². The second-order valence-corrected chi connectivity index (χ2v) is 12.8. The first-order valence-corrected chi connectivity index (χ1v) is 18.9. The van der Waals surface area contributed by atoms with Gasteiger partial charge in [0.25, 0.3) is 0 Å². The van der Waals surface area contributed by atoms with Crippen molar-refractivity contribution in [2.75, 3.05) is 6.54 Å². The van der Waals surface area contributed by atoms with Crippen LogP contribution in [-0.4, -0.2) is 30.6 Å². The van der Waals surface area contributed by atoms with E-state index in [0.29, 0.717) is 13.0 Å². The Labute approximate surface area is 268 Å². The molecule has 0 aromatic carbocycles. The Kier molecular flexibility index (Phi) is 33.5. The maximum atomic E-state index is 12.6. The molecule has 0 spiro atoms. The molecule has 0 aromatic heterocycles. The Bertz CT molecular complexity index is 649. The smallest absolute Gasteiger partial charge is 0.242 e. The molecule has 252 valence electrons. The summed E-state index contributed by atoms with van der Waals surface area (Å²) in [5.41, 5.74) is 0. The summed E-state index contributed by atoms with van der Waals surface area (Å²) in [6.07, 6.45) is 41.1. The number of nitrogens with one attached hydrogen (secondary N) is 3. The third kappa shape index (κ3) is 31.6. The zero-order valence-corrected chi connectivity index (χ0v) is 28.8. The van der Waals surface area contributed by atoms with Gasteiger partial charge >= 0.3 is 0 Å². The minimum atomic E-state index is -0.625. The van der Waals surface area contributed by atoms with Crippen LogP contribution in [0.1, 0.15) is 200 Å². The summed E-state index contributed by atoms with van der Waals surface area (Å²) in [4.78, 5) is 25.0. The molecule has 5 nitrogen and oxygen atoms in total. The van der Waals surface area contributed by atoms with Gasteiger partial charge in [-0.3, -0.25) is 9.59 Å². The zero-order valence-electron chi connectivity index (χ0n) is 28.8. The van der Waals surface area contributed by atoms with Crippen molar-refractivity contribution in [1.29, 1.82) is 5.41 Å². The fraction of sp³-hybridized carbons (Fsp3) is 0.868. The van der Waals surface area contributed by atoms with Gasteiger partial charge in [0.1, 0.15) is 6.04 Å². The van der Waals surface area contributed by atoms with Crippen molar-refractivity contribution in [2.24, 2.45) is 0 Å². The fourth-order valence-electron chi connectivity index (χ4n) is 5.63. The van der Waals surface area contributed by atoms with Crippen LogP contribution < -0.4 is 10.6 Å². The number of carbonyl (C=O) groups excluding carboxylic acids is 2. The van der Waals surface area contributed by atoms with Gasteiger partial charge in [-0.2, -0.15) is 0 Å². The third-order valence-corrected chi connectivity index (χ3v) is 8.50. The van der Waals surface area contributed by atoms with E-state index in [1.165, 1.54) is 141 Å². The lowest BCUT2D eigenvalue weighted by atomic mass is 10.0. The molecule has 0 rings (SSSR count). The molecule has 3 N–H and O–H groups in total. The Morgan fingerprint density at radius 3 is 1.40 bits per heavy atom. The quantitative estimate of drug-likeness (QED) is 0.0388. The van der Waals surface area contributed by atoms with Crippen LogP contribution in [0, 0.1) is 5.41 Å². The first-order valence-electron chi connectivity index (χ1n) is 18.9. The number of amides is 2. The lowest BCUT2D eigenvalue weighted by Crippen LogP contribution is -2.47. The molecule has 1 unspecified atom stereocenters. The van der Waals surface area contributed by atoms with Crippen LogP contribution >= 0.6 is 0 Å². The second kappa shape index (κ2) is 34.8. The number of carbonyl (C=O) groups is 2. The van der Waals surface area contributed by atoms with E-state index in [2.05, 4.69) is 36.6 Å². The van der Waals surface area contributed by atoms with Gasteiger partial charge in [0.05, 0.1) is 0 Å². The molecule has 0 fully saturated rings. The standard InChI is InChI=1S/C38H73N3O2/c1-3-5-7-9-11-13-15-17-19-20-22-24-26-28-30-32-37(42)41-36(33-34-39)38(43)40-35-31-29-27-25-23-21-18-16-14-12-10-8-6-4-2/h17,19,34,36,39H,3-16,18,20-33,35H2,1-2H3,(H,40,43)(H,41,42). The Balaban J connectivity index is 3.67. The molecular weight excluding hydrogens is 530 g/mol. The van der Waals surface area contributed by atoms with Crippen LogP contribution in [-0.2, 0) is 9.59 Å². The van der Waals surface area contributed by atoms with E-state index in [1.807, 2.05) is 0 Å². The second-order valence-electron chi connectivity index (χ2n) is 12.8. The molecule has 0 saturated heterocycles. The summed E-state index contributed by atoms with van der Waals surface area (Å²) in [5.74, 6) is -0.229. The molecule has 0 saturated carbocycles. The Hall–Kier alpha value is -1.65. The topological polar surface area (TPSA) is 82.1 Å². The summed E-state index contributed by atoms with van der Waals surface area (Å²) in [6, 6.07) is -0.625. The monoisotopic (exact) mass is 604 g/mol. The van der Waals surface area contributed by atoms with Gasteiger partial charge in [-0.15, -0.1) is 0 Å². The predicted molar refractivity (Wildman–Crippen MR) is 188 cm³/mol. The van der Waals surface area contributed by atoms with Crippen molar-refractivity contribution in [3.05, 3.63) is 12.2 Å². The average Bonchev–Trinajstić information content (AvgIpc) is 3.00. The molecule has 0 aliphatic rings. The summed E-state index contributed by atoms with van der Waals surface area (Å²) >= 11 is 0. The van der Waals surface area contributed by atoms with Crippen molar-refractivity contribution in [1.82, 2.24) is 10.6 Å². The molecule has 0 aliphatic heterocycles. The predicted octanol–water partition coefficient (Wildman–Crippen LogP) is 11.1. The SMILES string of the molecule is CCCCCCCCC=CCCCCCCCC(=O)NC(CC=N)C(=O)NCCCCCCCCCCCCCCCC. The highest BCUT2D eigenvalue weighted by Gasteiger charge is 2.19. The third-order valence-electron chi connectivity index (χ3n) is 8.50. The van der Waals surface area contributed by atoms with E-state index in [0.717, 1.165) is 38.5 Å². The van der Waals surface area contributed by atoms with E-state index < -0.39 is 6.04 Å². The molecule has 0 heterocycles. The average molecular weight is 604 g/mol. The summed E-state index contributed by atoms with van der Waals surface area (Å²) in [5, 5.41) is 13.3. The van der Waals surface area contributed by atoms with Crippen LogP contribution in [0.5, 0.6) is 0 Å². The number of rotatable bonds is 34. The van der Waals surface area contributed by atoms with E-state index >= 15 is 0 Å². The van der Waals surface area contributed by atoms with E-state index in [1.54, 1.807) is 0 Å². The van der Waals surface area contributed by atoms with Gasteiger partial charge < -0.3 is 16.0 Å². The molecule has 0 aromatic rings. The molecule has 0 radical (unpaired) electrons. The van der Waals surface area contributed by atoms with Gasteiger partial charge in [0.2, 0.25) is 11.8 Å². The Morgan fingerprint density at radius 2 is 0.953 bits per heavy atom. The Morgan fingerprint density at radius 1 is 0.558 bits per heavy atom. The van der Waals surface area contributed by atoms with Crippen LogP contribution in [0.15, 0.2) is 12.2 Å². The zero-order chi connectivity index (χ0) is 31.5. The normalized spacial score (nSPS) is 12.0. The van der Waals surface area contributed by atoms with Crippen molar-refractivity contribution in [3.8, 4) is 0 Å². The van der Waals surface area contributed by atoms with Crippen LogP contribution in [0.2, 0.25) is 0 Å². The molecule has 0 bridgehead atoms. The first kappa shape index (κ1) is 41.4. The summed E-state index contributed by atoms with van der Waals surface area (Å²) < 4.78 is 0. The van der Waals surface area contributed by atoms with Gasteiger partial charge in [0.15, 0.2) is 0 Å². The van der Waals surface area contributed by atoms with Crippen molar-refractivity contribution in [3.63, 3.8) is 0 Å². The van der Waals surface area contributed by atoms with E-state index in [-0.39, 0.29) is 18.2 Å². The summed E-state index contributed by atoms with van der Waals surface area (Å²) in [6.45, 7) is 5.18. The maximum absolute atomic E-state index is 12.6. The van der Waals surface area contributed by atoms with Gasteiger partial charge in [-0.05, 0) is 44.7 Å². The highest BCUT2D eigenvalue weighted by atomic mass is 16.2. The molecule has 5 heteroatoms. The highest BCUT2D eigenvalue weighted by molar-refractivity contribution is 5.89. The first-order chi connectivity index (χ1) is 21.2. The minimum Gasteiger partial charge on any atom is -0.354 e. The van der Waals surface area contributed by atoms with Gasteiger partial charge in [0, 0.05) is 19.4 Å². The van der Waals surface area contributed by atoms with E-state index in [9.17, 15) is 9.59 Å². The van der Waals surface area contributed by atoms with Crippen molar-refractivity contribution < 1.29 is 9.59 Å². The molecule has 1 atom stereocenters. The van der Waals surface area contributed by atoms with Crippen LogP contribution in [0.25, 0.3) is 0 Å². The number of allylic oxidation sites excluding steroid dienone is 2. The van der Waals surface area contributed by atoms with E-state index in [4.69, 9.17) is 5.41 Å². The number of unbranched alkanes of at least 4 members (excludes halogenated alkanes) is 24. The number of hydrogen-bond donors (Lipinski definition) is 3. The van der Waals surface area contributed by atoms with Crippen LogP contribution in [0.4, 0.5) is 0 Å². The summed E-state index contributed by atoms with van der Waals surface area (Å²) in [7, 11) is 0. The highest BCUT2D eigenvalue weighted by Crippen LogP contribution is 2.13. The molecule has 2 amide bonds. The fourth-order valence-corrected chi connectivity index (χ4v) is 5.63. The van der Waals surface area contributed by atoms with Crippen molar-refractivity contribution >= 4 is 18.0 Å². The molecule has 43 heavy (non-hydrogen) atoms. The van der Waals surface area contributed by atoms with Gasteiger partial charge in [-0.25, -0.2) is 0 Å².